The summed E-state index contributed by atoms with van der Waals surface area (Å²) >= 11 is 0. The third-order valence-electron chi connectivity index (χ3n) is 3.23. The molecule has 3 aromatic heterocycles. The molecule has 3 rings (SSSR count). The average Bonchev–Trinajstić information content (AvgIpc) is 3.13. The Kier molecular flexibility index (Phi) is 3.36. The van der Waals surface area contributed by atoms with Crippen LogP contribution in [0.5, 0.6) is 0 Å². The summed E-state index contributed by atoms with van der Waals surface area (Å²) in [5.74, 6) is 0.773. The lowest BCUT2D eigenvalue weighted by Gasteiger charge is -2.12. The molecule has 1 unspecified atom stereocenters. The lowest BCUT2D eigenvalue weighted by molar-refractivity contribution is 0.310. The molecule has 3 heterocycles. The Morgan fingerprint density at radius 1 is 1.38 bits per heavy atom. The Morgan fingerprint density at radius 2 is 2.24 bits per heavy atom. The molecule has 3 aromatic rings. The standard InChI is InChI=1S/C13H15N7O/c1-8(5-14)20-7-10(9-3-2-4-16-6-9)17-13(20)11-12(15)19-21-18-11/h2-4,6-8H,5,14H2,1H3,(H2,15,19). The molecule has 0 amide bonds. The van der Waals surface area contributed by atoms with Crippen molar-refractivity contribution in [3.05, 3.63) is 30.7 Å². The van der Waals surface area contributed by atoms with Crippen molar-refractivity contribution < 1.29 is 4.63 Å². The van der Waals surface area contributed by atoms with Crippen molar-refractivity contribution in [1.82, 2.24) is 24.8 Å². The highest BCUT2D eigenvalue weighted by Crippen LogP contribution is 2.28. The Balaban J connectivity index is 2.14. The first kappa shape index (κ1) is 13.3. The Bertz CT molecular complexity index is 734. The number of rotatable bonds is 4. The lowest BCUT2D eigenvalue weighted by Crippen LogP contribution is -2.16. The zero-order valence-corrected chi connectivity index (χ0v) is 11.5. The van der Waals surface area contributed by atoms with E-state index in [1.54, 1.807) is 12.4 Å². The second-order valence-corrected chi connectivity index (χ2v) is 4.68. The molecule has 0 aliphatic rings. The largest absolute Gasteiger partial charge is 0.379 e. The van der Waals surface area contributed by atoms with Crippen LogP contribution in [0.3, 0.4) is 0 Å². The molecule has 108 valence electrons. The predicted molar refractivity (Wildman–Crippen MR) is 76.9 cm³/mol. The summed E-state index contributed by atoms with van der Waals surface area (Å²) in [5, 5.41) is 7.42. The van der Waals surface area contributed by atoms with Gasteiger partial charge in [0.25, 0.3) is 0 Å². The topological polar surface area (TPSA) is 122 Å². The molecule has 0 fully saturated rings. The number of pyridine rings is 1. The van der Waals surface area contributed by atoms with Crippen LogP contribution in [0.1, 0.15) is 13.0 Å². The smallest absolute Gasteiger partial charge is 0.199 e. The van der Waals surface area contributed by atoms with E-state index in [4.69, 9.17) is 11.5 Å². The SMILES string of the molecule is CC(CN)n1cc(-c2cccnc2)nc1-c1nonc1N. The predicted octanol–water partition coefficient (Wildman–Crippen LogP) is 1.10. The Morgan fingerprint density at radius 3 is 2.86 bits per heavy atom. The van der Waals surface area contributed by atoms with Crippen molar-refractivity contribution in [2.75, 3.05) is 12.3 Å². The summed E-state index contributed by atoms with van der Waals surface area (Å²) in [6.07, 6.45) is 5.36. The van der Waals surface area contributed by atoms with Gasteiger partial charge in [0.2, 0.25) is 0 Å². The van der Waals surface area contributed by atoms with E-state index in [-0.39, 0.29) is 11.9 Å². The van der Waals surface area contributed by atoms with Crippen molar-refractivity contribution in [3.63, 3.8) is 0 Å². The summed E-state index contributed by atoms with van der Waals surface area (Å²) in [6, 6.07) is 3.82. The van der Waals surface area contributed by atoms with Crippen molar-refractivity contribution in [1.29, 1.82) is 0 Å². The van der Waals surface area contributed by atoms with Gasteiger partial charge in [-0.25, -0.2) is 9.61 Å². The van der Waals surface area contributed by atoms with E-state index < -0.39 is 0 Å². The minimum absolute atomic E-state index is 0.0361. The normalized spacial score (nSPS) is 12.5. The van der Waals surface area contributed by atoms with Crippen LogP contribution in [0.15, 0.2) is 35.4 Å². The fourth-order valence-corrected chi connectivity index (χ4v) is 2.02. The zero-order valence-electron chi connectivity index (χ0n) is 11.5. The van der Waals surface area contributed by atoms with Gasteiger partial charge in [0.15, 0.2) is 17.3 Å². The van der Waals surface area contributed by atoms with Crippen LogP contribution < -0.4 is 11.5 Å². The van der Waals surface area contributed by atoms with Crippen LogP contribution in [-0.2, 0) is 0 Å². The van der Waals surface area contributed by atoms with Gasteiger partial charge in [-0.3, -0.25) is 4.98 Å². The first-order chi connectivity index (χ1) is 10.2. The molecule has 0 spiro atoms. The van der Waals surface area contributed by atoms with E-state index in [0.717, 1.165) is 11.3 Å². The van der Waals surface area contributed by atoms with Gasteiger partial charge < -0.3 is 16.0 Å². The summed E-state index contributed by atoms with van der Waals surface area (Å²) in [5.41, 5.74) is 13.6. The van der Waals surface area contributed by atoms with Crippen LogP contribution in [0.4, 0.5) is 5.82 Å². The average molecular weight is 285 g/mol. The fourth-order valence-electron chi connectivity index (χ4n) is 2.02. The van der Waals surface area contributed by atoms with Crippen LogP contribution in [0, 0.1) is 0 Å². The van der Waals surface area contributed by atoms with Crippen molar-refractivity contribution >= 4 is 5.82 Å². The highest BCUT2D eigenvalue weighted by atomic mass is 16.6. The van der Waals surface area contributed by atoms with E-state index in [9.17, 15) is 0 Å². The number of hydrogen-bond donors (Lipinski definition) is 2. The number of aromatic nitrogens is 5. The minimum Gasteiger partial charge on any atom is -0.379 e. The molecule has 4 N–H and O–H groups in total. The van der Waals surface area contributed by atoms with Crippen molar-refractivity contribution in [2.45, 2.75) is 13.0 Å². The fraction of sp³-hybridized carbons (Fsp3) is 0.231. The van der Waals surface area contributed by atoms with Gasteiger partial charge in [-0.05, 0) is 29.4 Å². The maximum absolute atomic E-state index is 5.77. The van der Waals surface area contributed by atoms with Gasteiger partial charge in [0, 0.05) is 36.7 Å². The maximum atomic E-state index is 5.77. The summed E-state index contributed by atoms with van der Waals surface area (Å²) < 4.78 is 6.58. The number of nitrogens with zero attached hydrogens (tertiary/aromatic N) is 5. The van der Waals surface area contributed by atoms with Crippen LogP contribution >= 0.6 is 0 Å². The first-order valence-electron chi connectivity index (χ1n) is 6.48. The molecule has 8 heteroatoms. The summed E-state index contributed by atoms with van der Waals surface area (Å²) in [4.78, 5) is 8.68. The quantitative estimate of drug-likeness (QED) is 0.735. The van der Waals surface area contributed by atoms with E-state index in [1.807, 2.05) is 29.8 Å². The van der Waals surface area contributed by atoms with Gasteiger partial charge in [-0.1, -0.05) is 0 Å². The Hall–Kier alpha value is -2.74. The molecule has 0 radical (unpaired) electrons. The number of nitrogen functional groups attached to an aromatic ring is 1. The third kappa shape index (κ3) is 2.36. The van der Waals surface area contributed by atoms with Crippen LogP contribution in [-0.4, -0.2) is 31.4 Å². The van der Waals surface area contributed by atoms with Gasteiger partial charge in [-0.15, -0.1) is 0 Å². The third-order valence-corrected chi connectivity index (χ3v) is 3.23. The van der Waals surface area contributed by atoms with Gasteiger partial charge in [0.05, 0.1) is 5.69 Å². The number of hydrogen-bond acceptors (Lipinski definition) is 7. The highest BCUT2D eigenvalue weighted by molar-refractivity contribution is 5.67. The molecule has 0 bridgehead atoms. The van der Waals surface area contributed by atoms with Crippen molar-refractivity contribution in [3.8, 4) is 22.8 Å². The molecular formula is C13H15N7O. The Labute approximate surface area is 120 Å². The zero-order chi connectivity index (χ0) is 14.8. The minimum atomic E-state index is 0.0361. The van der Waals surface area contributed by atoms with Crippen molar-refractivity contribution in [2.24, 2.45) is 5.73 Å². The lowest BCUT2D eigenvalue weighted by atomic mass is 10.2. The molecule has 0 saturated carbocycles. The molecule has 0 saturated heterocycles. The molecule has 0 aliphatic heterocycles. The van der Waals surface area contributed by atoms with E-state index in [1.165, 1.54) is 0 Å². The molecule has 8 nitrogen and oxygen atoms in total. The summed E-state index contributed by atoms with van der Waals surface area (Å²) in [6.45, 7) is 2.45. The van der Waals surface area contributed by atoms with E-state index in [0.29, 0.717) is 18.1 Å². The maximum Gasteiger partial charge on any atom is 0.199 e. The molecular weight excluding hydrogens is 270 g/mol. The monoisotopic (exact) mass is 285 g/mol. The highest BCUT2D eigenvalue weighted by Gasteiger charge is 2.20. The number of nitrogens with two attached hydrogens (primary N) is 2. The van der Waals surface area contributed by atoms with Gasteiger partial charge in [-0.2, -0.15) is 0 Å². The molecule has 1 atom stereocenters. The number of anilines is 1. The van der Waals surface area contributed by atoms with E-state index >= 15 is 0 Å². The second-order valence-electron chi connectivity index (χ2n) is 4.68. The van der Waals surface area contributed by atoms with E-state index in [2.05, 4.69) is 24.9 Å². The summed E-state index contributed by atoms with van der Waals surface area (Å²) in [7, 11) is 0. The van der Waals surface area contributed by atoms with Crippen LogP contribution in [0.2, 0.25) is 0 Å². The molecule has 0 aromatic carbocycles. The molecule has 21 heavy (non-hydrogen) atoms. The first-order valence-corrected chi connectivity index (χ1v) is 6.48. The van der Waals surface area contributed by atoms with Crippen LogP contribution in [0.25, 0.3) is 22.8 Å². The number of imidazole rings is 1. The second kappa shape index (κ2) is 5.33. The molecule has 0 aliphatic carbocycles. The van der Waals surface area contributed by atoms with Gasteiger partial charge >= 0.3 is 0 Å². The van der Waals surface area contributed by atoms with Gasteiger partial charge in [0.1, 0.15) is 0 Å².